The van der Waals surface area contributed by atoms with Crippen molar-refractivity contribution in [2.24, 2.45) is 11.1 Å². The van der Waals surface area contributed by atoms with E-state index < -0.39 is 0 Å². The Morgan fingerprint density at radius 1 is 1.29 bits per heavy atom. The molecule has 1 atom stereocenters. The first-order valence-corrected chi connectivity index (χ1v) is 10.8. The van der Waals surface area contributed by atoms with Crippen LogP contribution in [0.4, 0.5) is 5.69 Å². The van der Waals surface area contributed by atoms with Gasteiger partial charge in [-0.3, -0.25) is 9.59 Å². The molecule has 31 heavy (non-hydrogen) atoms. The first-order valence-electron chi connectivity index (χ1n) is 10.8. The lowest BCUT2D eigenvalue weighted by molar-refractivity contribution is -0.142. The van der Waals surface area contributed by atoms with Crippen molar-refractivity contribution in [1.29, 1.82) is 0 Å². The van der Waals surface area contributed by atoms with Crippen LogP contribution in [-0.2, 0) is 19.1 Å². The summed E-state index contributed by atoms with van der Waals surface area (Å²) in [6.07, 6.45) is 1.26. The molecule has 0 amide bonds. The van der Waals surface area contributed by atoms with Crippen LogP contribution >= 0.6 is 0 Å². The van der Waals surface area contributed by atoms with Crippen LogP contribution in [0.5, 0.6) is 0 Å². The highest BCUT2D eigenvalue weighted by Gasteiger charge is 2.42. The lowest BCUT2D eigenvalue weighted by atomic mass is 9.68. The van der Waals surface area contributed by atoms with Gasteiger partial charge in [-0.15, -0.1) is 0 Å². The maximum absolute atomic E-state index is 13.3. The number of anilines is 1. The second kappa shape index (κ2) is 9.66. The Balaban J connectivity index is 2.13. The smallest absolute Gasteiger partial charge is 0.310 e. The van der Waals surface area contributed by atoms with Gasteiger partial charge in [0.05, 0.1) is 26.2 Å². The average molecular weight is 428 g/mol. The van der Waals surface area contributed by atoms with Crippen molar-refractivity contribution >= 4 is 17.4 Å². The number of nitrogen functional groups attached to an aromatic ring is 1. The van der Waals surface area contributed by atoms with Crippen molar-refractivity contribution in [3.05, 3.63) is 52.4 Å². The number of esters is 1. The van der Waals surface area contributed by atoms with Crippen LogP contribution in [0, 0.1) is 5.41 Å². The second-order valence-corrected chi connectivity index (χ2v) is 8.89. The van der Waals surface area contributed by atoms with Gasteiger partial charge in [0.25, 0.3) is 0 Å². The van der Waals surface area contributed by atoms with Gasteiger partial charge in [-0.05, 0) is 42.0 Å². The molecule has 0 spiro atoms. The topological polar surface area (TPSA) is 117 Å². The normalized spacial score (nSPS) is 20.4. The molecule has 0 bridgehead atoms. The molecule has 1 aliphatic carbocycles. The third-order valence-corrected chi connectivity index (χ3v) is 5.64. The van der Waals surface area contributed by atoms with Crippen LogP contribution in [-0.4, -0.2) is 38.1 Å². The van der Waals surface area contributed by atoms with E-state index >= 15 is 0 Å². The first kappa shape index (κ1) is 23.0. The summed E-state index contributed by atoms with van der Waals surface area (Å²) in [6, 6.07) is 7.51. The minimum atomic E-state index is -0.371. The van der Waals surface area contributed by atoms with Gasteiger partial charge in [0.1, 0.15) is 0 Å². The number of nitrogens with two attached hydrogens (primary N) is 2. The van der Waals surface area contributed by atoms with Gasteiger partial charge in [0.15, 0.2) is 5.78 Å². The Morgan fingerprint density at radius 3 is 2.74 bits per heavy atom. The third-order valence-electron chi connectivity index (χ3n) is 5.64. The molecule has 1 heterocycles. The monoisotopic (exact) mass is 427 g/mol. The standard InChI is InChI=1S/C24H33N3O4/c1-4-31-21(29)11-17-19(14-30-9-8-25)27-18-12-24(2,3)13-20(28)23(18)22(17)15-6-5-7-16(26)10-15/h5-7,10,22,27H,4,8-9,11-14,25-26H2,1-3H3. The third kappa shape index (κ3) is 5.35. The Hall–Kier alpha value is -2.64. The number of nitrogens with one attached hydrogen (secondary N) is 1. The van der Waals surface area contributed by atoms with Gasteiger partial charge < -0.3 is 26.3 Å². The Bertz CT molecular complexity index is 917. The molecule has 7 heteroatoms. The first-order chi connectivity index (χ1) is 14.8. The number of ketones is 1. The van der Waals surface area contributed by atoms with Gasteiger partial charge in [0.2, 0.25) is 0 Å². The van der Waals surface area contributed by atoms with Crippen molar-refractivity contribution in [2.45, 2.75) is 46.0 Å². The number of rotatable bonds is 8. The van der Waals surface area contributed by atoms with E-state index in [1.54, 1.807) is 6.92 Å². The maximum Gasteiger partial charge on any atom is 0.310 e. The summed E-state index contributed by atoms with van der Waals surface area (Å²) in [5, 5.41) is 3.45. The fourth-order valence-corrected chi connectivity index (χ4v) is 4.46. The van der Waals surface area contributed by atoms with Gasteiger partial charge in [-0.2, -0.15) is 0 Å². The van der Waals surface area contributed by atoms with E-state index in [0.29, 0.717) is 37.4 Å². The van der Waals surface area contributed by atoms with E-state index in [-0.39, 0.29) is 36.1 Å². The molecular formula is C24H33N3O4. The predicted octanol–water partition coefficient (Wildman–Crippen LogP) is 2.78. The molecule has 0 saturated heterocycles. The van der Waals surface area contributed by atoms with E-state index in [1.807, 2.05) is 24.3 Å². The molecule has 7 nitrogen and oxygen atoms in total. The zero-order chi connectivity index (χ0) is 22.6. The van der Waals surface area contributed by atoms with E-state index in [9.17, 15) is 9.59 Å². The number of hydrogen-bond donors (Lipinski definition) is 3. The Morgan fingerprint density at radius 2 is 2.06 bits per heavy atom. The van der Waals surface area contributed by atoms with Crippen molar-refractivity contribution in [3.8, 4) is 0 Å². The number of ether oxygens (including phenoxy) is 2. The molecule has 0 saturated carbocycles. The Kier molecular flexibility index (Phi) is 7.18. The molecule has 0 radical (unpaired) electrons. The van der Waals surface area contributed by atoms with Crippen LogP contribution in [0.3, 0.4) is 0 Å². The molecule has 0 aromatic heterocycles. The summed E-state index contributed by atoms with van der Waals surface area (Å²) < 4.78 is 11.0. The second-order valence-electron chi connectivity index (χ2n) is 8.89. The number of dihydropyridines is 1. The lowest BCUT2D eigenvalue weighted by Crippen LogP contribution is -2.39. The molecule has 0 fully saturated rings. The molecular weight excluding hydrogens is 394 g/mol. The molecule has 3 rings (SSSR count). The summed E-state index contributed by atoms with van der Waals surface area (Å²) in [4.78, 5) is 25.8. The van der Waals surface area contributed by atoms with Crippen LogP contribution in [0.15, 0.2) is 46.8 Å². The van der Waals surface area contributed by atoms with Crippen molar-refractivity contribution in [2.75, 3.05) is 32.1 Å². The highest BCUT2D eigenvalue weighted by atomic mass is 16.5. The molecule has 5 N–H and O–H groups in total. The Labute approximate surface area is 183 Å². The summed E-state index contributed by atoms with van der Waals surface area (Å²) in [5.74, 6) is -0.615. The van der Waals surface area contributed by atoms with Crippen molar-refractivity contribution < 1.29 is 19.1 Å². The number of carbonyl (C=O) groups is 2. The minimum Gasteiger partial charge on any atom is -0.466 e. The maximum atomic E-state index is 13.3. The predicted molar refractivity (Wildman–Crippen MR) is 120 cm³/mol. The molecule has 1 unspecified atom stereocenters. The van der Waals surface area contributed by atoms with Gasteiger partial charge >= 0.3 is 5.97 Å². The van der Waals surface area contributed by atoms with Crippen LogP contribution in [0.25, 0.3) is 0 Å². The fraction of sp³-hybridized carbons (Fsp3) is 0.500. The number of allylic oxidation sites excluding steroid dienone is 2. The van der Waals surface area contributed by atoms with Crippen molar-refractivity contribution in [1.82, 2.24) is 5.32 Å². The van der Waals surface area contributed by atoms with E-state index in [1.165, 1.54) is 0 Å². The summed E-state index contributed by atoms with van der Waals surface area (Å²) in [7, 11) is 0. The summed E-state index contributed by atoms with van der Waals surface area (Å²) in [5.41, 5.74) is 16.2. The number of hydrogen-bond acceptors (Lipinski definition) is 7. The fourth-order valence-electron chi connectivity index (χ4n) is 4.46. The largest absolute Gasteiger partial charge is 0.466 e. The molecule has 168 valence electrons. The highest BCUT2D eigenvalue weighted by Crippen LogP contribution is 2.47. The highest BCUT2D eigenvalue weighted by molar-refractivity contribution is 6.00. The van der Waals surface area contributed by atoms with E-state index in [4.69, 9.17) is 20.9 Å². The number of carbonyl (C=O) groups excluding carboxylic acids is 2. The van der Waals surface area contributed by atoms with E-state index in [0.717, 1.165) is 29.0 Å². The lowest BCUT2D eigenvalue weighted by Gasteiger charge is -2.40. The number of Topliss-reactive ketones (excluding diaryl/α,β-unsaturated/α-hetero) is 1. The van der Waals surface area contributed by atoms with Gasteiger partial charge in [-0.25, -0.2) is 0 Å². The van der Waals surface area contributed by atoms with Crippen LogP contribution < -0.4 is 16.8 Å². The number of benzene rings is 1. The molecule has 1 aliphatic heterocycles. The van der Waals surface area contributed by atoms with E-state index in [2.05, 4.69) is 19.2 Å². The van der Waals surface area contributed by atoms with Crippen LogP contribution in [0.1, 0.15) is 51.5 Å². The molecule has 1 aromatic rings. The van der Waals surface area contributed by atoms with Crippen molar-refractivity contribution in [3.63, 3.8) is 0 Å². The molecule has 2 aliphatic rings. The average Bonchev–Trinajstić information content (AvgIpc) is 2.68. The zero-order valence-corrected chi connectivity index (χ0v) is 18.6. The summed E-state index contributed by atoms with van der Waals surface area (Å²) in [6.45, 7) is 7.33. The quantitative estimate of drug-likeness (QED) is 0.332. The van der Waals surface area contributed by atoms with Gasteiger partial charge in [0, 0.05) is 41.5 Å². The SMILES string of the molecule is CCOC(=O)CC1=C(COCCN)NC2=C(C(=O)CC(C)(C)C2)C1c1cccc(N)c1. The van der Waals surface area contributed by atoms with Crippen LogP contribution in [0.2, 0.25) is 0 Å². The summed E-state index contributed by atoms with van der Waals surface area (Å²) >= 11 is 0. The van der Waals surface area contributed by atoms with Gasteiger partial charge in [-0.1, -0.05) is 26.0 Å². The zero-order valence-electron chi connectivity index (χ0n) is 18.6. The molecule has 1 aromatic carbocycles. The minimum absolute atomic E-state index is 0.0646.